The third-order valence-corrected chi connectivity index (χ3v) is 6.59. The molecular formula is C24H29ClN4O3S. The maximum atomic E-state index is 13.3. The molecule has 0 saturated carbocycles. The zero-order valence-corrected chi connectivity index (χ0v) is 20.6. The van der Waals surface area contributed by atoms with Gasteiger partial charge in [-0.15, -0.1) is 11.8 Å². The van der Waals surface area contributed by atoms with E-state index in [4.69, 9.17) is 17.3 Å². The summed E-state index contributed by atoms with van der Waals surface area (Å²) in [4.78, 5) is 43.0. The minimum Gasteiger partial charge on any atom is -0.383 e. The Morgan fingerprint density at radius 3 is 2.58 bits per heavy atom. The fraction of sp³-hybridized carbons (Fsp3) is 0.375. The normalized spacial score (nSPS) is 11.3. The lowest BCUT2D eigenvalue weighted by Gasteiger charge is -2.25. The summed E-state index contributed by atoms with van der Waals surface area (Å²) >= 11 is 7.78. The van der Waals surface area contributed by atoms with Crippen LogP contribution in [-0.4, -0.2) is 27.8 Å². The number of nitrogens with one attached hydrogen (secondary N) is 1. The van der Waals surface area contributed by atoms with Crippen molar-refractivity contribution in [3.63, 3.8) is 0 Å². The minimum absolute atomic E-state index is 0.0140. The highest BCUT2D eigenvalue weighted by Gasteiger charge is 2.24. The largest absolute Gasteiger partial charge is 0.383 e. The predicted octanol–water partition coefficient (Wildman–Crippen LogP) is 4.51. The number of anilines is 2. The fourth-order valence-electron chi connectivity index (χ4n) is 3.66. The van der Waals surface area contributed by atoms with Gasteiger partial charge in [0.05, 0.1) is 5.75 Å². The molecule has 0 aliphatic carbocycles. The minimum atomic E-state index is -0.653. The molecular weight excluding hydrogens is 460 g/mol. The Bertz CT molecular complexity index is 1260. The summed E-state index contributed by atoms with van der Waals surface area (Å²) in [6.45, 7) is 6.57. The van der Waals surface area contributed by atoms with Crippen molar-refractivity contribution >= 4 is 51.5 Å². The Morgan fingerprint density at radius 2 is 1.91 bits per heavy atom. The van der Waals surface area contributed by atoms with E-state index in [1.807, 2.05) is 57.2 Å². The summed E-state index contributed by atoms with van der Waals surface area (Å²) in [7, 11) is 0. The zero-order valence-electron chi connectivity index (χ0n) is 19.1. The first-order chi connectivity index (χ1) is 15.7. The Labute approximate surface area is 201 Å². The van der Waals surface area contributed by atoms with E-state index >= 15 is 0 Å². The van der Waals surface area contributed by atoms with E-state index in [1.165, 1.54) is 21.2 Å². The maximum Gasteiger partial charge on any atom is 0.330 e. The lowest BCUT2D eigenvalue weighted by Crippen LogP contribution is -2.42. The van der Waals surface area contributed by atoms with Crippen LogP contribution in [0.3, 0.4) is 0 Å². The average Bonchev–Trinajstić information content (AvgIpc) is 2.77. The van der Waals surface area contributed by atoms with E-state index in [9.17, 15) is 14.4 Å². The molecule has 2 aromatic carbocycles. The first-order valence-electron chi connectivity index (χ1n) is 11.0. The number of aromatic amines is 1. The fourth-order valence-corrected chi connectivity index (χ4v) is 4.98. The highest BCUT2D eigenvalue weighted by Crippen LogP contribution is 2.33. The van der Waals surface area contributed by atoms with Crippen molar-refractivity contribution in [1.29, 1.82) is 0 Å². The maximum absolute atomic E-state index is 13.3. The van der Waals surface area contributed by atoms with Gasteiger partial charge in [0, 0.05) is 28.4 Å². The second-order valence-electron chi connectivity index (χ2n) is 8.28. The van der Waals surface area contributed by atoms with Gasteiger partial charge in [-0.1, -0.05) is 63.1 Å². The molecule has 33 heavy (non-hydrogen) atoms. The van der Waals surface area contributed by atoms with Crippen molar-refractivity contribution in [1.82, 2.24) is 9.55 Å². The first-order valence-corrected chi connectivity index (χ1v) is 12.3. The molecule has 1 heterocycles. The van der Waals surface area contributed by atoms with Gasteiger partial charge in [-0.2, -0.15) is 0 Å². The standard InChI is InChI=1S/C24H29ClN4O3S/c1-4-5-12-28(21-22(26)29(13-15(2)3)24(32)27-23(21)31)19(30)14-33-18-11-7-9-16-8-6-10-17(25)20(16)18/h6-11,15H,4-5,12-14,26H2,1-3H3,(H,27,31,32). The number of nitrogens with zero attached hydrogens (tertiary/aromatic N) is 2. The summed E-state index contributed by atoms with van der Waals surface area (Å²) in [5.41, 5.74) is 5.08. The topological polar surface area (TPSA) is 101 Å². The molecule has 0 bridgehead atoms. The van der Waals surface area contributed by atoms with E-state index in [0.29, 0.717) is 24.5 Å². The smallest absolute Gasteiger partial charge is 0.330 e. The van der Waals surface area contributed by atoms with Crippen LogP contribution >= 0.6 is 23.4 Å². The monoisotopic (exact) mass is 488 g/mol. The van der Waals surface area contributed by atoms with Gasteiger partial charge in [-0.3, -0.25) is 19.1 Å². The molecule has 3 rings (SSSR count). The highest BCUT2D eigenvalue weighted by molar-refractivity contribution is 8.00. The molecule has 1 amide bonds. The summed E-state index contributed by atoms with van der Waals surface area (Å²) < 4.78 is 1.32. The molecule has 0 unspecified atom stereocenters. The van der Waals surface area contributed by atoms with E-state index in [-0.39, 0.29) is 29.1 Å². The van der Waals surface area contributed by atoms with Crippen LogP contribution in [0.15, 0.2) is 50.9 Å². The van der Waals surface area contributed by atoms with Gasteiger partial charge in [0.1, 0.15) is 5.82 Å². The van der Waals surface area contributed by atoms with Crippen LogP contribution in [0.1, 0.15) is 33.6 Å². The molecule has 176 valence electrons. The molecule has 0 spiro atoms. The van der Waals surface area contributed by atoms with Crippen LogP contribution in [0.25, 0.3) is 10.8 Å². The number of benzene rings is 2. The van der Waals surface area contributed by atoms with Gasteiger partial charge in [0.25, 0.3) is 5.56 Å². The number of halogens is 1. The van der Waals surface area contributed by atoms with Crippen molar-refractivity contribution < 1.29 is 4.79 Å². The second kappa shape index (κ2) is 10.9. The summed E-state index contributed by atoms with van der Waals surface area (Å²) in [6.07, 6.45) is 1.53. The van der Waals surface area contributed by atoms with Crippen LogP contribution < -0.4 is 21.9 Å². The molecule has 0 aliphatic heterocycles. The Kier molecular flexibility index (Phi) is 8.26. The SMILES string of the molecule is CCCCN(C(=O)CSc1cccc2cccc(Cl)c12)c1c(N)n(CC(C)C)c(=O)[nH]c1=O. The van der Waals surface area contributed by atoms with E-state index in [0.717, 1.165) is 22.1 Å². The van der Waals surface area contributed by atoms with Gasteiger partial charge >= 0.3 is 5.69 Å². The van der Waals surface area contributed by atoms with Gasteiger partial charge < -0.3 is 10.6 Å². The van der Waals surface area contributed by atoms with Crippen LogP contribution in [0.2, 0.25) is 5.02 Å². The van der Waals surface area contributed by atoms with Crippen molar-refractivity contribution in [2.45, 2.75) is 45.1 Å². The van der Waals surface area contributed by atoms with E-state index < -0.39 is 11.2 Å². The molecule has 0 radical (unpaired) electrons. The summed E-state index contributed by atoms with van der Waals surface area (Å²) in [6, 6.07) is 11.5. The summed E-state index contributed by atoms with van der Waals surface area (Å²) in [5.74, 6) is -0.0178. The number of hydrogen-bond donors (Lipinski definition) is 2. The Hall–Kier alpha value is -2.71. The molecule has 0 atom stereocenters. The lowest BCUT2D eigenvalue weighted by atomic mass is 10.1. The van der Waals surface area contributed by atoms with Crippen molar-refractivity contribution in [2.75, 3.05) is 22.9 Å². The number of thioether (sulfide) groups is 1. The number of carbonyl (C=O) groups is 1. The van der Waals surface area contributed by atoms with Crippen LogP contribution in [0.5, 0.6) is 0 Å². The number of aromatic nitrogens is 2. The number of carbonyl (C=O) groups excluding carboxylic acids is 1. The van der Waals surface area contributed by atoms with Crippen molar-refractivity contribution in [3.05, 3.63) is 62.3 Å². The third kappa shape index (κ3) is 5.62. The van der Waals surface area contributed by atoms with Gasteiger partial charge in [0.15, 0.2) is 5.69 Å². The molecule has 9 heteroatoms. The number of nitrogen functional groups attached to an aromatic ring is 1. The molecule has 3 aromatic rings. The molecule has 7 nitrogen and oxygen atoms in total. The van der Waals surface area contributed by atoms with Crippen LogP contribution in [0, 0.1) is 5.92 Å². The number of rotatable bonds is 9. The number of nitrogens with two attached hydrogens (primary N) is 1. The first kappa shape index (κ1) is 24.9. The van der Waals surface area contributed by atoms with E-state index in [2.05, 4.69) is 4.98 Å². The van der Waals surface area contributed by atoms with Gasteiger partial charge in [0.2, 0.25) is 5.91 Å². The number of unbranched alkanes of at least 4 members (excludes halogenated alkanes) is 1. The van der Waals surface area contributed by atoms with Crippen LogP contribution in [0.4, 0.5) is 11.5 Å². The zero-order chi connectivity index (χ0) is 24.1. The quantitative estimate of drug-likeness (QED) is 0.431. The Balaban J connectivity index is 1.96. The van der Waals surface area contributed by atoms with E-state index in [1.54, 1.807) is 0 Å². The van der Waals surface area contributed by atoms with Gasteiger partial charge in [-0.25, -0.2) is 4.79 Å². The molecule has 0 fully saturated rings. The van der Waals surface area contributed by atoms with Crippen LogP contribution in [-0.2, 0) is 11.3 Å². The number of amides is 1. The highest BCUT2D eigenvalue weighted by atomic mass is 35.5. The third-order valence-electron chi connectivity index (χ3n) is 5.23. The number of H-pyrrole nitrogens is 1. The number of hydrogen-bond acceptors (Lipinski definition) is 5. The number of fused-ring (bicyclic) bond motifs is 1. The van der Waals surface area contributed by atoms with Crippen molar-refractivity contribution in [2.24, 2.45) is 5.92 Å². The molecule has 0 saturated heterocycles. The molecule has 1 aromatic heterocycles. The second-order valence-corrected chi connectivity index (χ2v) is 9.70. The average molecular weight is 489 g/mol. The van der Waals surface area contributed by atoms with Gasteiger partial charge in [-0.05, 0) is 29.9 Å². The lowest BCUT2D eigenvalue weighted by molar-refractivity contribution is -0.116. The summed E-state index contributed by atoms with van der Waals surface area (Å²) in [5, 5.41) is 2.50. The molecule has 3 N–H and O–H groups in total. The van der Waals surface area contributed by atoms with Crippen molar-refractivity contribution in [3.8, 4) is 0 Å². The predicted molar refractivity (Wildman–Crippen MR) is 138 cm³/mol. The Morgan fingerprint density at radius 1 is 1.21 bits per heavy atom. The molecule has 0 aliphatic rings.